The van der Waals surface area contributed by atoms with E-state index in [1.165, 1.54) is 11.8 Å². The van der Waals surface area contributed by atoms with Gasteiger partial charge in [-0.25, -0.2) is 4.79 Å². The van der Waals surface area contributed by atoms with Gasteiger partial charge in [0.15, 0.2) is 0 Å². The molecule has 0 saturated carbocycles. The molecule has 0 amide bonds. The fraction of sp³-hybridized carbons (Fsp3) is 0.188. The van der Waals surface area contributed by atoms with Gasteiger partial charge >= 0.3 is 5.97 Å². The molecule has 0 heterocycles. The van der Waals surface area contributed by atoms with Gasteiger partial charge < -0.3 is 9.84 Å². The highest BCUT2D eigenvalue weighted by molar-refractivity contribution is 7.98. The summed E-state index contributed by atoms with van der Waals surface area (Å²) in [6.07, 6.45) is 1.65. The number of carbonyl (C=O) groups is 1. The zero-order chi connectivity index (χ0) is 14.5. The van der Waals surface area contributed by atoms with Crippen LogP contribution in [0, 0.1) is 0 Å². The second kappa shape index (κ2) is 6.48. The second-order valence-electron chi connectivity index (χ2n) is 4.31. The molecule has 2 aromatic carbocycles. The predicted octanol–water partition coefficient (Wildman–Crippen LogP) is 4.25. The van der Waals surface area contributed by atoms with Crippen LogP contribution in [0.25, 0.3) is 0 Å². The van der Waals surface area contributed by atoms with Gasteiger partial charge in [-0.05, 0) is 30.9 Å². The van der Waals surface area contributed by atoms with Crippen molar-refractivity contribution in [2.75, 3.05) is 6.26 Å². The lowest BCUT2D eigenvalue weighted by molar-refractivity contribution is 0.0685. The Labute approximate surface area is 122 Å². The number of carboxylic acids is 1. The van der Waals surface area contributed by atoms with Gasteiger partial charge in [-0.3, -0.25) is 0 Å². The number of benzene rings is 2. The van der Waals surface area contributed by atoms with E-state index >= 15 is 0 Å². The largest absolute Gasteiger partial charge is 0.485 e. The third-order valence-electron chi connectivity index (χ3n) is 2.99. The highest BCUT2D eigenvalue weighted by atomic mass is 32.2. The Hall–Kier alpha value is -1.94. The summed E-state index contributed by atoms with van der Waals surface area (Å²) in [5, 5.41) is 9.37. The SMILES string of the molecule is CSc1cccc(OC(C)c2ccccc2)c1C(=O)O. The summed E-state index contributed by atoms with van der Waals surface area (Å²) in [4.78, 5) is 12.1. The zero-order valence-electron chi connectivity index (χ0n) is 11.4. The highest BCUT2D eigenvalue weighted by Crippen LogP contribution is 2.31. The van der Waals surface area contributed by atoms with E-state index in [-0.39, 0.29) is 11.7 Å². The molecule has 0 aliphatic rings. The Morgan fingerprint density at radius 2 is 1.85 bits per heavy atom. The molecule has 0 bridgehead atoms. The van der Waals surface area contributed by atoms with Crippen LogP contribution in [0.1, 0.15) is 28.9 Å². The van der Waals surface area contributed by atoms with Gasteiger partial charge in [0.25, 0.3) is 0 Å². The van der Waals surface area contributed by atoms with Gasteiger partial charge in [0.05, 0.1) is 0 Å². The lowest BCUT2D eigenvalue weighted by Crippen LogP contribution is -2.08. The van der Waals surface area contributed by atoms with E-state index in [9.17, 15) is 9.90 Å². The van der Waals surface area contributed by atoms with Crippen molar-refractivity contribution in [2.24, 2.45) is 0 Å². The van der Waals surface area contributed by atoms with E-state index in [4.69, 9.17) is 4.74 Å². The molecule has 0 radical (unpaired) electrons. The van der Waals surface area contributed by atoms with Gasteiger partial charge in [-0.15, -0.1) is 11.8 Å². The van der Waals surface area contributed by atoms with Crippen molar-refractivity contribution < 1.29 is 14.6 Å². The van der Waals surface area contributed by atoms with Gasteiger partial charge in [-0.1, -0.05) is 36.4 Å². The Morgan fingerprint density at radius 3 is 2.45 bits per heavy atom. The molecule has 104 valence electrons. The van der Waals surface area contributed by atoms with Crippen molar-refractivity contribution in [1.29, 1.82) is 0 Å². The van der Waals surface area contributed by atoms with Crippen molar-refractivity contribution in [1.82, 2.24) is 0 Å². The summed E-state index contributed by atoms with van der Waals surface area (Å²) in [5.74, 6) is -0.564. The molecule has 3 nitrogen and oxygen atoms in total. The first-order valence-electron chi connectivity index (χ1n) is 6.25. The third-order valence-corrected chi connectivity index (χ3v) is 3.77. The van der Waals surface area contributed by atoms with Crippen LogP contribution in [-0.2, 0) is 0 Å². The quantitative estimate of drug-likeness (QED) is 0.836. The fourth-order valence-electron chi connectivity index (χ4n) is 1.97. The van der Waals surface area contributed by atoms with Crippen LogP contribution in [-0.4, -0.2) is 17.3 Å². The van der Waals surface area contributed by atoms with Crippen molar-refractivity contribution >= 4 is 17.7 Å². The lowest BCUT2D eigenvalue weighted by Gasteiger charge is -2.17. The molecule has 1 N–H and O–H groups in total. The summed E-state index contributed by atoms with van der Waals surface area (Å²) >= 11 is 1.40. The summed E-state index contributed by atoms with van der Waals surface area (Å²) in [6, 6.07) is 15.0. The molecule has 1 atom stereocenters. The molecule has 20 heavy (non-hydrogen) atoms. The van der Waals surface area contributed by atoms with Gasteiger partial charge in [0, 0.05) is 4.90 Å². The van der Waals surface area contributed by atoms with Crippen LogP contribution in [0.4, 0.5) is 0 Å². The summed E-state index contributed by atoms with van der Waals surface area (Å²) in [7, 11) is 0. The molecule has 0 aliphatic carbocycles. The first-order valence-corrected chi connectivity index (χ1v) is 7.48. The molecule has 0 spiro atoms. The maximum Gasteiger partial charge on any atom is 0.340 e. The molecule has 0 aromatic heterocycles. The number of hydrogen-bond donors (Lipinski definition) is 1. The molecular formula is C16H16O3S. The number of rotatable bonds is 5. The van der Waals surface area contributed by atoms with Crippen molar-refractivity contribution in [3.8, 4) is 5.75 Å². The molecule has 0 saturated heterocycles. The van der Waals surface area contributed by atoms with E-state index in [1.54, 1.807) is 12.1 Å². The number of carboxylic acid groups (broad SMARTS) is 1. The van der Waals surface area contributed by atoms with Gasteiger partial charge in [0.1, 0.15) is 17.4 Å². The molecule has 0 aliphatic heterocycles. The predicted molar refractivity (Wildman–Crippen MR) is 80.7 cm³/mol. The number of thioether (sulfide) groups is 1. The van der Waals surface area contributed by atoms with E-state index in [2.05, 4.69) is 0 Å². The maximum absolute atomic E-state index is 11.4. The molecule has 0 fully saturated rings. The van der Waals surface area contributed by atoms with E-state index in [0.717, 1.165) is 5.56 Å². The van der Waals surface area contributed by atoms with E-state index in [1.807, 2.05) is 49.6 Å². The van der Waals surface area contributed by atoms with Gasteiger partial charge in [0.2, 0.25) is 0 Å². The maximum atomic E-state index is 11.4. The Balaban J connectivity index is 2.32. The van der Waals surface area contributed by atoms with Crippen molar-refractivity contribution in [3.63, 3.8) is 0 Å². The van der Waals surface area contributed by atoms with E-state index < -0.39 is 5.97 Å². The lowest BCUT2D eigenvalue weighted by atomic mass is 10.1. The first kappa shape index (κ1) is 14.5. The Kier molecular flexibility index (Phi) is 4.69. The number of aromatic carboxylic acids is 1. The third kappa shape index (κ3) is 3.14. The average Bonchev–Trinajstić information content (AvgIpc) is 2.47. The molecule has 2 rings (SSSR count). The minimum Gasteiger partial charge on any atom is -0.485 e. The Morgan fingerprint density at radius 1 is 1.15 bits per heavy atom. The van der Waals surface area contributed by atoms with Crippen LogP contribution in [0.15, 0.2) is 53.4 Å². The number of ether oxygens (including phenoxy) is 1. The van der Waals surface area contributed by atoms with Crippen LogP contribution in [0.3, 0.4) is 0 Å². The Bertz CT molecular complexity index is 596. The van der Waals surface area contributed by atoms with Crippen LogP contribution in [0.5, 0.6) is 5.75 Å². The molecule has 4 heteroatoms. The van der Waals surface area contributed by atoms with Crippen LogP contribution >= 0.6 is 11.8 Å². The summed E-state index contributed by atoms with van der Waals surface area (Å²) in [6.45, 7) is 1.91. The van der Waals surface area contributed by atoms with Crippen molar-refractivity contribution in [3.05, 3.63) is 59.7 Å². The van der Waals surface area contributed by atoms with Gasteiger partial charge in [-0.2, -0.15) is 0 Å². The van der Waals surface area contributed by atoms with Crippen LogP contribution < -0.4 is 4.74 Å². The molecule has 2 aromatic rings. The molecule has 1 unspecified atom stereocenters. The minimum absolute atomic E-state index is 0.202. The van der Waals surface area contributed by atoms with Crippen LogP contribution in [0.2, 0.25) is 0 Å². The van der Waals surface area contributed by atoms with E-state index in [0.29, 0.717) is 10.6 Å². The first-order chi connectivity index (χ1) is 9.63. The zero-order valence-corrected chi connectivity index (χ0v) is 12.2. The highest BCUT2D eigenvalue weighted by Gasteiger charge is 2.18. The fourth-order valence-corrected chi connectivity index (χ4v) is 2.58. The minimum atomic E-state index is -0.967. The smallest absolute Gasteiger partial charge is 0.340 e. The number of hydrogen-bond acceptors (Lipinski definition) is 3. The normalized spacial score (nSPS) is 11.9. The monoisotopic (exact) mass is 288 g/mol. The van der Waals surface area contributed by atoms with Crippen molar-refractivity contribution in [2.45, 2.75) is 17.9 Å². The average molecular weight is 288 g/mol. The summed E-state index contributed by atoms with van der Waals surface area (Å²) in [5.41, 5.74) is 1.24. The standard InChI is InChI=1S/C16H16O3S/c1-11(12-7-4-3-5-8-12)19-13-9-6-10-14(20-2)15(13)16(17)18/h3-11H,1-2H3,(H,17,18). The summed E-state index contributed by atoms with van der Waals surface area (Å²) < 4.78 is 5.84. The topological polar surface area (TPSA) is 46.5 Å². The molecular weight excluding hydrogens is 272 g/mol. The second-order valence-corrected chi connectivity index (χ2v) is 5.16.